The van der Waals surface area contributed by atoms with Crippen molar-refractivity contribution in [2.24, 2.45) is 11.8 Å². The molecule has 5 nitrogen and oxygen atoms in total. The van der Waals surface area contributed by atoms with Crippen molar-refractivity contribution in [3.05, 3.63) is 222 Å². The topological polar surface area (TPSA) is 33.5 Å². The molecule has 0 saturated heterocycles. The van der Waals surface area contributed by atoms with Gasteiger partial charge >= 0.3 is 0 Å². The van der Waals surface area contributed by atoms with Gasteiger partial charge in [-0.2, -0.15) is 6.07 Å². The quantitative estimate of drug-likeness (QED) is 0.121. The molecule has 0 aliphatic carbocycles. The fourth-order valence-corrected chi connectivity index (χ4v) is 10.7. The van der Waals surface area contributed by atoms with Crippen LogP contribution in [0.3, 0.4) is 0 Å². The van der Waals surface area contributed by atoms with Crippen LogP contribution in [0.25, 0.3) is 27.6 Å². The zero-order chi connectivity index (χ0) is 50.0. The Balaban J connectivity index is 0.00000640. The van der Waals surface area contributed by atoms with Crippen molar-refractivity contribution in [2.45, 2.75) is 105 Å². The van der Waals surface area contributed by atoms with E-state index in [2.05, 4.69) is 274 Å². The van der Waals surface area contributed by atoms with Gasteiger partial charge in [-0.15, -0.1) is 53.6 Å². The van der Waals surface area contributed by atoms with Gasteiger partial charge in [-0.05, 0) is 86.2 Å². The Morgan fingerprint density at radius 3 is 1.64 bits per heavy atom. The maximum absolute atomic E-state index is 6.97. The standard InChI is InChI=1S/C66H67N4O.Pt/c1-44(2)65(11,46-24-15-13-16-25-46)55-29-23-30-56(66(12,45(3)4)47-26-17-14-18-27-47)62(55)69-43-68(58-32-21-22-33-59(58)69)50-38-49(64(8,9)10)39-52(41-50)71-51-34-35-54-53-28-19-20-31-57(53)70(60(54)42-51)61-40-48(36-37-67-61)63(5,6)7;/h13-40,43-45H,1-12H3;/q-3;. The van der Waals surface area contributed by atoms with E-state index in [1.807, 2.05) is 12.3 Å². The third-order valence-corrected chi connectivity index (χ3v) is 15.7. The van der Waals surface area contributed by atoms with Gasteiger partial charge in [0.2, 0.25) is 0 Å². The normalized spacial score (nSPS) is 14.6. The molecule has 0 spiro atoms. The summed E-state index contributed by atoms with van der Waals surface area (Å²) in [5.74, 6) is 2.63. The van der Waals surface area contributed by atoms with E-state index in [1.54, 1.807) is 0 Å². The smallest absolute Gasteiger partial charge is 0.135 e. The molecule has 0 N–H and O–H groups in total. The van der Waals surface area contributed by atoms with Gasteiger partial charge in [-0.1, -0.05) is 198 Å². The Morgan fingerprint density at radius 2 is 1.06 bits per heavy atom. The molecule has 2 unspecified atom stereocenters. The summed E-state index contributed by atoms with van der Waals surface area (Å²) in [7, 11) is 0. The molecule has 0 fully saturated rings. The summed E-state index contributed by atoms with van der Waals surface area (Å²) in [5, 5.41) is 2.23. The van der Waals surface area contributed by atoms with Crippen LogP contribution in [-0.2, 0) is 42.7 Å². The average Bonchev–Trinajstić information content (AvgIpc) is 3.91. The largest absolute Gasteiger partial charge is 0.509 e. The summed E-state index contributed by atoms with van der Waals surface area (Å²) in [4.78, 5) is 9.69. The van der Waals surface area contributed by atoms with Crippen LogP contribution in [0.15, 0.2) is 170 Å². The Kier molecular flexibility index (Phi) is 13.5. The summed E-state index contributed by atoms with van der Waals surface area (Å²) in [6, 6.07) is 66.9. The van der Waals surface area contributed by atoms with Crippen molar-refractivity contribution in [1.29, 1.82) is 0 Å². The second kappa shape index (κ2) is 19.2. The van der Waals surface area contributed by atoms with E-state index in [-0.39, 0.29) is 54.6 Å². The number of ether oxygens (including phenoxy) is 1. The molecule has 0 saturated carbocycles. The third kappa shape index (κ3) is 8.76. The Bertz CT molecular complexity index is 3320. The van der Waals surface area contributed by atoms with Gasteiger partial charge in [0.1, 0.15) is 5.82 Å². The van der Waals surface area contributed by atoms with E-state index in [0.717, 1.165) is 50.2 Å². The Labute approximate surface area is 443 Å². The fourth-order valence-electron chi connectivity index (χ4n) is 10.7. The molecule has 0 radical (unpaired) electrons. The van der Waals surface area contributed by atoms with Crippen LogP contribution < -0.4 is 14.5 Å². The van der Waals surface area contributed by atoms with Gasteiger partial charge in [0, 0.05) is 72.2 Å². The minimum Gasteiger partial charge on any atom is -0.509 e. The zero-order valence-corrected chi connectivity index (χ0v) is 46.2. The second-order valence-electron chi connectivity index (χ2n) is 22.6. The van der Waals surface area contributed by atoms with Gasteiger partial charge in [-0.3, -0.25) is 0 Å². The van der Waals surface area contributed by atoms with Crippen molar-refractivity contribution >= 4 is 44.6 Å². The molecular weight excluding hydrogens is 1060 g/mol. The molecule has 1 aliphatic heterocycles. The number of hydrogen-bond donors (Lipinski definition) is 0. The summed E-state index contributed by atoms with van der Waals surface area (Å²) < 4.78 is 9.18. The first-order valence-corrected chi connectivity index (χ1v) is 25.3. The number of aromatic nitrogens is 2. The van der Waals surface area contributed by atoms with Gasteiger partial charge in [0.25, 0.3) is 0 Å². The maximum atomic E-state index is 6.97. The first kappa shape index (κ1) is 50.5. The number of hydrogen-bond acceptors (Lipinski definition) is 4. The van der Waals surface area contributed by atoms with Gasteiger partial charge in [0.15, 0.2) is 0 Å². The molecule has 6 heteroatoms. The zero-order valence-electron chi connectivity index (χ0n) is 43.9. The molecule has 370 valence electrons. The number of rotatable bonds is 11. The predicted molar refractivity (Wildman–Crippen MR) is 297 cm³/mol. The minimum atomic E-state index is -0.342. The van der Waals surface area contributed by atoms with Crippen molar-refractivity contribution < 1.29 is 25.8 Å². The Morgan fingerprint density at radius 1 is 0.500 bits per heavy atom. The molecule has 0 bridgehead atoms. The van der Waals surface area contributed by atoms with Crippen molar-refractivity contribution in [1.82, 2.24) is 9.55 Å². The number of nitrogens with zero attached hydrogens (tertiary/aromatic N) is 4. The molecule has 9 aromatic rings. The van der Waals surface area contributed by atoms with E-state index in [9.17, 15) is 0 Å². The fraction of sp³-hybridized carbons (Fsp3) is 0.273. The molecule has 3 heterocycles. The van der Waals surface area contributed by atoms with E-state index in [1.165, 1.54) is 33.5 Å². The number of para-hydroxylation sites is 4. The summed E-state index contributed by atoms with van der Waals surface area (Å²) in [6.45, 7) is 30.1. The maximum Gasteiger partial charge on any atom is 0.135 e. The van der Waals surface area contributed by atoms with Crippen LogP contribution in [0.5, 0.6) is 11.5 Å². The van der Waals surface area contributed by atoms with Crippen molar-refractivity contribution in [3.8, 4) is 17.3 Å². The monoisotopic (exact) mass is 1130 g/mol. The Hall–Kier alpha value is -6.42. The van der Waals surface area contributed by atoms with Crippen molar-refractivity contribution in [3.63, 3.8) is 0 Å². The van der Waals surface area contributed by atoms with Crippen molar-refractivity contribution in [2.75, 3.05) is 9.80 Å². The molecule has 72 heavy (non-hydrogen) atoms. The number of anilines is 4. The molecule has 10 rings (SSSR count). The SMILES string of the molecule is CC(C)C(C)(c1ccccc1)c1cccc(C(C)(c2ccccc2)C(C)C)c1N1[CH-]N(c2[c-]c(Oc3[c-]c4c(cc3)c3ccccc3n4-c3cc(C(C)(C)C)ccn3)cc(C(C)(C)C)c2)c2ccccc21.[Pt]. The summed E-state index contributed by atoms with van der Waals surface area (Å²) in [5.41, 5.74) is 12.8. The molecule has 0 amide bonds. The summed E-state index contributed by atoms with van der Waals surface area (Å²) in [6.07, 6.45) is 1.91. The van der Waals surface area contributed by atoms with E-state index < -0.39 is 0 Å². The molecule has 1 aliphatic rings. The van der Waals surface area contributed by atoms with E-state index in [0.29, 0.717) is 11.5 Å². The first-order valence-electron chi connectivity index (χ1n) is 25.3. The third-order valence-electron chi connectivity index (χ3n) is 15.7. The van der Waals surface area contributed by atoms with Gasteiger partial charge < -0.3 is 19.1 Å². The molecule has 7 aromatic carbocycles. The van der Waals surface area contributed by atoms with Crippen LogP contribution in [0.1, 0.15) is 116 Å². The summed E-state index contributed by atoms with van der Waals surface area (Å²) >= 11 is 0. The second-order valence-corrected chi connectivity index (χ2v) is 22.6. The minimum absolute atomic E-state index is 0. The predicted octanol–water partition coefficient (Wildman–Crippen LogP) is 17.5. The van der Waals surface area contributed by atoms with E-state index in [4.69, 9.17) is 9.72 Å². The molecule has 2 atom stereocenters. The first-order chi connectivity index (χ1) is 33.9. The number of benzene rings is 7. The van der Waals surface area contributed by atoms with Crippen LogP contribution in [0, 0.1) is 30.6 Å². The molecular formula is C66H67N4OPt-3. The molecule has 2 aromatic heterocycles. The van der Waals surface area contributed by atoms with Crippen LogP contribution >= 0.6 is 0 Å². The number of pyridine rings is 1. The van der Waals surface area contributed by atoms with Crippen LogP contribution in [-0.4, -0.2) is 9.55 Å². The van der Waals surface area contributed by atoms with Crippen LogP contribution in [0.2, 0.25) is 0 Å². The van der Waals surface area contributed by atoms with Crippen LogP contribution in [0.4, 0.5) is 22.7 Å². The van der Waals surface area contributed by atoms with Gasteiger partial charge in [-0.25, -0.2) is 4.98 Å². The number of fused-ring (bicyclic) bond motifs is 4. The average molecular weight is 1130 g/mol. The van der Waals surface area contributed by atoms with Gasteiger partial charge in [0.05, 0.1) is 0 Å². The van der Waals surface area contributed by atoms with E-state index >= 15 is 0 Å².